The van der Waals surface area contributed by atoms with Gasteiger partial charge in [-0.3, -0.25) is 4.90 Å². The van der Waals surface area contributed by atoms with Crippen LogP contribution in [0.15, 0.2) is 18.2 Å². The van der Waals surface area contributed by atoms with E-state index in [1.54, 1.807) is 6.07 Å². The minimum atomic E-state index is -0.0709. The Morgan fingerprint density at radius 1 is 1.14 bits per heavy atom. The zero-order valence-corrected chi connectivity index (χ0v) is 14.9. The molecule has 1 aromatic carbocycles. The van der Waals surface area contributed by atoms with Crippen molar-refractivity contribution in [1.29, 1.82) is 0 Å². The van der Waals surface area contributed by atoms with E-state index in [-0.39, 0.29) is 42.1 Å². The number of nitrogens with zero attached hydrogens (tertiary/aromatic N) is 1. The Hall–Kier alpha value is -0.350. The number of hydrogen-bond donors (Lipinski definition) is 1. The SMILES string of the molecule is Cc1ccc([C@H](N2CCNCC2)C(C)(C)C)c(F)c1.Cl.Cl. The number of aryl methyl sites for hydroxylation is 1. The van der Waals surface area contributed by atoms with E-state index in [0.717, 1.165) is 37.3 Å². The molecule has 0 saturated carbocycles. The minimum absolute atomic E-state index is 0. The molecule has 0 amide bonds. The summed E-state index contributed by atoms with van der Waals surface area (Å²) in [7, 11) is 0. The van der Waals surface area contributed by atoms with Crippen molar-refractivity contribution in [2.75, 3.05) is 26.2 Å². The van der Waals surface area contributed by atoms with Crippen LogP contribution in [-0.2, 0) is 0 Å². The fourth-order valence-corrected chi connectivity index (χ4v) is 3.01. The Morgan fingerprint density at radius 3 is 2.19 bits per heavy atom. The highest BCUT2D eigenvalue weighted by Gasteiger charge is 2.34. The second kappa shape index (κ2) is 8.33. The van der Waals surface area contributed by atoms with Crippen LogP contribution in [0.25, 0.3) is 0 Å². The van der Waals surface area contributed by atoms with E-state index in [2.05, 4.69) is 31.0 Å². The maximum absolute atomic E-state index is 14.3. The maximum Gasteiger partial charge on any atom is 0.128 e. The average Bonchev–Trinajstić information content (AvgIpc) is 2.32. The highest BCUT2D eigenvalue weighted by atomic mass is 35.5. The van der Waals surface area contributed by atoms with Crippen LogP contribution in [0.5, 0.6) is 0 Å². The number of hydrogen-bond acceptors (Lipinski definition) is 2. The van der Waals surface area contributed by atoms with Crippen molar-refractivity contribution in [1.82, 2.24) is 10.2 Å². The van der Waals surface area contributed by atoms with Crippen molar-refractivity contribution in [3.05, 3.63) is 35.1 Å². The lowest BCUT2D eigenvalue weighted by molar-refractivity contribution is 0.0834. The molecule has 0 aromatic heterocycles. The summed E-state index contributed by atoms with van der Waals surface area (Å²) in [5.74, 6) is -0.0709. The van der Waals surface area contributed by atoms with Crippen molar-refractivity contribution in [2.45, 2.75) is 33.7 Å². The fraction of sp³-hybridized carbons (Fsp3) is 0.625. The third-order valence-electron chi connectivity index (χ3n) is 3.79. The van der Waals surface area contributed by atoms with Crippen LogP contribution >= 0.6 is 24.8 Å². The lowest BCUT2D eigenvalue weighted by atomic mass is 9.80. The lowest BCUT2D eigenvalue weighted by Gasteiger charge is -2.42. The van der Waals surface area contributed by atoms with E-state index in [4.69, 9.17) is 0 Å². The number of halogens is 3. The first-order chi connectivity index (χ1) is 8.89. The van der Waals surface area contributed by atoms with Gasteiger partial charge in [0.05, 0.1) is 0 Å². The maximum atomic E-state index is 14.3. The summed E-state index contributed by atoms with van der Waals surface area (Å²) >= 11 is 0. The molecule has 1 atom stereocenters. The summed E-state index contributed by atoms with van der Waals surface area (Å²) in [4.78, 5) is 2.41. The van der Waals surface area contributed by atoms with Gasteiger partial charge in [0.2, 0.25) is 0 Å². The second-order valence-corrected chi connectivity index (χ2v) is 6.58. The first-order valence-corrected chi connectivity index (χ1v) is 7.10. The number of nitrogens with one attached hydrogen (secondary N) is 1. The fourth-order valence-electron chi connectivity index (χ4n) is 3.01. The third-order valence-corrected chi connectivity index (χ3v) is 3.79. The van der Waals surface area contributed by atoms with Gasteiger partial charge in [-0.05, 0) is 24.0 Å². The smallest absolute Gasteiger partial charge is 0.128 e. The molecule has 1 N–H and O–H groups in total. The molecule has 0 aliphatic carbocycles. The van der Waals surface area contributed by atoms with Crippen LogP contribution in [0.1, 0.15) is 37.9 Å². The van der Waals surface area contributed by atoms with Crippen LogP contribution in [0, 0.1) is 18.2 Å². The normalized spacial score (nSPS) is 17.6. The Morgan fingerprint density at radius 2 is 1.71 bits per heavy atom. The summed E-state index contributed by atoms with van der Waals surface area (Å²) in [5.41, 5.74) is 1.84. The predicted octanol–water partition coefficient (Wildman–Crippen LogP) is 3.97. The molecular weight excluding hydrogens is 310 g/mol. The molecule has 122 valence electrons. The van der Waals surface area contributed by atoms with Crippen LogP contribution in [0.3, 0.4) is 0 Å². The van der Waals surface area contributed by atoms with Crippen LogP contribution in [0.2, 0.25) is 0 Å². The Balaban J connectivity index is 0.00000200. The van der Waals surface area contributed by atoms with Gasteiger partial charge in [0.15, 0.2) is 0 Å². The van der Waals surface area contributed by atoms with Crippen LogP contribution in [-0.4, -0.2) is 31.1 Å². The Kier molecular flexibility index (Phi) is 8.19. The molecule has 1 saturated heterocycles. The molecule has 21 heavy (non-hydrogen) atoms. The largest absolute Gasteiger partial charge is 0.314 e. The molecule has 1 aliphatic rings. The van der Waals surface area contributed by atoms with Crippen molar-refractivity contribution in [3.8, 4) is 0 Å². The van der Waals surface area contributed by atoms with Gasteiger partial charge in [0.25, 0.3) is 0 Å². The summed E-state index contributed by atoms with van der Waals surface area (Å²) in [6.07, 6.45) is 0. The summed E-state index contributed by atoms with van der Waals surface area (Å²) < 4.78 is 14.3. The van der Waals surface area contributed by atoms with Gasteiger partial charge in [-0.25, -0.2) is 4.39 Å². The third kappa shape index (κ3) is 5.10. The van der Waals surface area contributed by atoms with Gasteiger partial charge in [0.1, 0.15) is 5.82 Å². The molecule has 1 aliphatic heterocycles. The predicted molar refractivity (Wildman–Crippen MR) is 92.3 cm³/mol. The van der Waals surface area contributed by atoms with E-state index in [1.807, 2.05) is 19.1 Å². The van der Waals surface area contributed by atoms with Gasteiger partial charge in [-0.1, -0.05) is 32.9 Å². The molecule has 5 heteroatoms. The Labute approximate surface area is 140 Å². The van der Waals surface area contributed by atoms with E-state index >= 15 is 0 Å². The van der Waals surface area contributed by atoms with Crippen LogP contribution in [0.4, 0.5) is 4.39 Å². The molecule has 1 heterocycles. The van der Waals surface area contributed by atoms with Crippen molar-refractivity contribution in [3.63, 3.8) is 0 Å². The van der Waals surface area contributed by atoms with Crippen molar-refractivity contribution < 1.29 is 4.39 Å². The van der Waals surface area contributed by atoms with Crippen molar-refractivity contribution in [2.24, 2.45) is 5.41 Å². The topological polar surface area (TPSA) is 15.3 Å². The molecular formula is C16H27Cl2FN2. The Bertz CT molecular complexity index is 440. The van der Waals surface area contributed by atoms with Gasteiger partial charge in [0, 0.05) is 37.8 Å². The first kappa shape index (κ1) is 20.6. The van der Waals surface area contributed by atoms with E-state index in [9.17, 15) is 4.39 Å². The van der Waals surface area contributed by atoms with Gasteiger partial charge in [-0.15, -0.1) is 24.8 Å². The highest BCUT2D eigenvalue weighted by Crippen LogP contribution is 2.39. The average molecular weight is 337 g/mol. The van der Waals surface area contributed by atoms with Gasteiger partial charge in [-0.2, -0.15) is 0 Å². The van der Waals surface area contributed by atoms with Crippen molar-refractivity contribution >= 4 is 24.8 Å². The molecule has 0 radical (unpaired) electrons. The highest BCUT2D eigenvalue weighted by molar-refractivity contribution is 5.85. The summed E-state index contributed by atoms with van der Waals surface area (Å²) in [6.45, 7) is 12.4. The van der Waals surface area contributed by atoms with E-state index < -0.39 is 0 Å². The first-order valence-electron chi connectivity index (χ1n) is 7.10. The molecule has 1 aromatic rings. The van der Waals surface area contributed by atoms with Gasteiger partial charge >= 0.3 is 0 Å². The molecule has 2 nitrogen and oxygen atoms in total. The molecule has 1 fully saturated rings. The van der Waals surface area contributed by atoms with Crippen LogP contribution < -0.4 is 5.32 Å². The zero-order valence-electron chi connectivity index (χ0n) is 13.3. The number of piperazine rings is 1. The molecule has 0 spiro atoms. The van der Waals surface area contributed by atoms with E-state index in [1.165, 1.54) is 0 Å². The van der Waals surface area contributed by atoms with E-state index in [0.29, 0.717) is 0 Å². The summed E-state index contributed by atoms with van der Waals surface area (Å²) in [5, 5.41) is 3.36. The zero-order chi connectivity index (χ0) is 14.0. The second-order valence-electron chi connectivity index (χ2n) is 6.58. The minimum Gasteiger partial charge on any atom is -0.314 e. The quantitative estimate of drug-likeness (QED) is 0.878. The lowest BCUT2D eigenvalue weighted by Crippen LogP contribution is -2.48. The molecule has 0 bridgehead atoms. The number of rotatable bonds is 2. The van der Waals surface area contributed by atoms with Gasteiger partial charge < -0.3 is 5.32 Å². The standard InChI is InChI=1S/C16H25FN2.2ClH/c1-12-5-6-13(14(17)11-12)15(16(2,3)4)19-9-7-18-8-10-19;;/h5-6,11,15,18H,7-10H2,1-4H3;2*1H/t15-;;/m0../s1. The molecule has 0 unspecified atom stereocenters. The summed E-state index contributed by atoms with van der Waals surface area (Å²) in [6, 6.07) is 5.76. The number of benzene rings is 1. The molecule has 2 rings (SSSR count). The monoisotopic (exact) mass is 336 g/mol.